The van der Waals surface area contributed by atoms with Gasteiger partial charge in [0.25, 0.3) is 5.91 Å². The van der Waals surface area contributed by atoms with Crippen LogP contribution in [0, 0.1) is 12.3 Å². The lowest BCUT2D eigenvalue weighted by atomic mass is 9.73. The molecule has 0 spiro atoms. The summed E-state index contributed by atoms with van der Waals surface area (Å²) in [5.74, 6) is -0.224. The van der Waals surface area contributed by atoms with Crippen molar-refractivity contribution in [2.24, 2.45) is 5.41 Å². The van der Waals surface area contributed by atoms with Crippen LogP contribution in [0.3, 0.4) is 0 Å². The molecule has 0 aliphatic carbocycles. The molecule has 0 saturated carbocycles. The molecule has 20 heavy (non-hydrogen) atoms. The van der Waals surface area contributed by atoms with Gasteiger partial charge >= 0.3 is 0 Å². The minimum atomic E-state index is -0.711. The van der Waals surface area contributed by atoms with Gasteiger partial charge in [-0.1, -0.05) is 13.3 Å². The number of amides is 1. The van der Waals surface area contributed by atoms with E-state index in [9.17, 15) is 15.0 Å². The standard InChI is InChI=1S/C13H22N4O3/c1-3-4-13(8-18)5-6-17(7-10(13)19)12(20)11-9(2)14-16-15-11/h10,18-19H,3-8H2,1-2H3,(H,14,15,16)/t10-,13+/m0/s1. The first kappa shape index (κ1) is 14.9. The fraction of sp³-hybridized carbons (Fsp3) is 0.769. The summed E-state index contributed by atoms with van der Waals surface area (Å²) in [6.07, 6.45) is 1.54. The highest BCUT2D eigenvalue weighted by atomic mass is 16.3. The summed E-state index contributed by atoms with van der Waals surface area (Å²) in [5, 5.41) is 30.1. The Bertz CT molecular complexity index is 476. The number of hydrogen-bond donors (Lipinski definition) is 3. The number of H-pyrrole nitrogens is 1. The molecule has 7 nitrogen and oxygen atoms in total. The van der Waals surface area contributed by atoms with Gasteiger partial charge in [0.05, 0.1) is 18.4 Å². The second-order valence-electron chi connectivity index (χ2n) is 5.55. The SMILES string of the molecule is CCC[C@]1(CO)CCN(C(=O)c2n[nH]nc2C)C[C@@H]1O. The number of nitrogens with zero attached hydrogens (tertiary/aromatic N) is 3. The van der Waals surface area contributed by atoms with E-state index in [-0.39, 0.29) is 19.1 Å². The summed E-state index contributed by atoms with van der Waals surface area (Å²) < 4.78 is 0. The zero-order chi connectivity index (χ0) is 14.8. The first-order valence-electron chi connectivity index (χ1n) is 6.99. The predicted molar refractivity (Wildman–Crippen MR) is 72.1 cm³/mol. The van der Waals surface area contributed by atoms with Crippen molar-refractivity contribution in [1.29, 1.82) is 0 Å². The summed E-state index contributed by atoms with van der Waals surface area (Å²) in [5.41, 5.74) is 0.367. The molecule has 0 radical (unpaired) electrons. The molecular weight excluding hydrogens is 260 g/mol. The van der Waals surface area contributed by atoms with Crippen molar-refractivity contribution < 1.29 is 15.0 Å². The second kappa shape index (κ2) is 5.88. The summed E-state index contributed by atoms with van der Waals surface area (Å²) in [6.45, 7) is 4.44. The Morgan fingerprint density at radius 3 is 2.80 bits per heavy atom. The minimum Gasteiger partial charge on any atom is -0.396 e. The van der Waals surface area contributed by atoms with Crippen LogP contribution in [-0.2, 0) is 0 Å². The molecule has 1 aliphatic rings. The van der Waals surface area contributed by atoms with Crippen LogP contribution in [-0.4, -0.2) is 62.2 Å². The lowest BCUT2D eigenvalue weighted by Crippen LogP contribution is -2.54. The van der Waals surface area contributed by atoms with Gasteiger partial charge in [0.2, 0.25) is 0 Å². The smallest absolute Gasteiger partial charge is 0.276 e. The zero-order valence-electron chi connectivity index (χ0n) is 12.0. The van der Waals surface area contributed by atoms with Gasteiger partial charge in [-0.2, -0.15) is 15.4 Å². The third kappa shape index (κ3) is 2.55. The molecule has 1 aliphatic heterocycles. The molecule has 0 aromatic carbocycles. The Balaban J connectivity index is 2.09. The summed E-state index contributed by atoms with van der Waals surface area (Å²) in [4.78, 5) is 13.9. The number of aromatic amines is 1. The van der Waals surface area contributed by atoms with Crippen molar-refractivity contribution in [1.82, 2.24) is 20.3 Å². The molecule has 1 aromatic rings. The Labute approximate surface area is 118 Å². The summed E-state index contributed by atoms with van der Waals surface area (Å²) in [6, 6.07) is 0. The third-order valence-corrected chi connectivity index (χ3v) is 4.25. The third-order valence-electron chi connectivity index (χ3n) is 4.25. The number of piperidine rings is 1. The molecule has 112 valence electrons. The van der Waals surface area contributed by atoms with Gasteiger partial charge in [0.1, 0.15) is 0 Å². The number of aromatic nitrogens is 3. The Morgan fingerprint density at radius 1 is 1.55 bits per heavy atom. The first-order chi connectivity index (χ1) is 9.54. The van der Waals surface area contributed by atoms with Gasteiger partial charge in [-0.15, -0.1) is 0 Å². The quantitative estimate of drug-likeness (QED) is 0.727. The molecule has 7 heteroatoms. The maximum Gasteiger partial charge on any atom is 0.276 e. The number of β-amino-alcohol motifs (C(OH)–C–C–N with tert-alkyl or cyclic N) is 1. The number of carbonyl (C=O) groups excluding carboxylic acids is 1. The molecular formula is C13H22N4O3. The number of aryl methyl sites for hydroxylation is 1. The van der Waals surface area contributed by atoms with Crippen molar-refractivity contribution in [2.75, 3.05) is 19.7 Å². The largest absolute Gasteiger partial charge is 0.396 e. The molecule has 2 rings (SSSR count). The topological polar surface area (TPSA) is 102 Å². The molecule has 2 atom stereocenters. The molecule has 0 bridgehead atoms. The number of carbonyl (C=O) groups is 1. The highest BCUT2D eigenvalue weighted by Gasteiger charge is 2.42. The van der Waals surface area contributed by atoms with Crippen LogP contribution in [0.15, 0.2) is 0 Å². The van der Waals surface area contributed by atoms with Crippen molar-refractivity contribution in [3.8, 4) is 0 Å². The molecule has 1 aromatic heterocycles. The van der Waals surface area contributed by atoms with E-state index in [1.165, 1.54) is 0 Å². The number of nitrogens with one attached hydrogen (secondary N) is 1. The van der Waals surface area contributed by atoms with E-state index in [0.717, 1.165) is 12.8 Å². The number of likely N-dealkylation sites (tertiary alicyclic amines) is 1. The molecule has 1 amide bonds. The maximum atomic E-state index is 12.3. The van der Waals surface area contributed by atoms with Crippen LogP contribution < -0.4 is 0 Å². The number of hydrogen-bond acceptors (Lipinski definition) is 5. The zero-order valence-corrected chi connectivity index (χ0v) is 12.0. The van der Waals surface area contributed by atoms with Crippen LogP contribution in [0.25, 0.3) is 0 Å². The van der Waals surface area contributed by atoms with Crippen LogP contribution >= 0.6 is 0 Å². The number of rotatable bonds is 4. The Kier molecular flexibility index (Phi) is 4.39. The van der Waals surface area contributed by atoms with E-state index in [0.29, 0.717) is 24.4 Å². The van der Waals surface area contributed by atoms with Crippen LogP contribution in [0.5, 0.6) is 0 Å². The molecule has 1 saturated heterocycles. The van der Waals surface area contributed by atoms with Gasteiger partial charge in [-0.25, -0.2) is 0 Å². The Morgan fingerprint density at radius 2 is 2.30 bits per heavy atom. The average molecular weight is 282 g/mol. The molecule has 0 unspecified atom stereocenters. The van der Waals surface area contributed by atoms with Crippen LogP contribution in [0.4, 0.5) is 0 Å². The monoisotopic (exact) mass is 282 g/mol. The molecule has 1 fully saturated rings. The highest BCUT2D eigenvalue weighted by Crippen LogP contribution is 2.36. The molecule has 2 heterocycles. The lowest BCUT2D eigenvalue weighted by molar-refractivity contribution is -0.0714. The van der Waals surface area contributed by atoms with Gasteiger partial charge in [-0.05, 0) is 19.8 Å². The maximum absolute atomic E-state index is 12.3. The van der Waals surface area contributed by atoms with Gasteiger partial charge in [0.15, 0.2) is 5.69 Å². The van der Waals surface area contributed by atoms with Crippen LogP contribution in [0.1, 0.15) is 42.4 Å². The van der Waals surface area contributed by atoms with E-state index < -0.39 is 11.5 Å². The predicted octanol–water partition coefficient (Wildman–Crippen LogP) is 0.0987. The van der Waals surface area contributed by atoms with E-state index in [4.69, 9.17) is 0 Å². The van der Waals surface area contributed by atoms with Crippen molar-refractivity contribution >= 4 is 5.91 Å². The number of aliphatic hydroxyl groups excluding tert-OH is 2. The minimum absolute atomic E-state index is 0.0486. The van der Waals surface area contributed by atoms with E-state index in [2.05, 4.69) is 15.4 Å². The highest BCUT2D eigenvalue weighted by molar-refractivity contribution is 5.93. The van der Waals surface area contributed by atoms with Gasteiger partial charge < -0.3 is 15.1 Å². The fourth-order valence-electron chi connectivity index (χ4n) is 2.89. The van der Waals surface area contributed by atoms with E-state index in [1.807, 2.05) is 6.92 Å². The fourth-order valence-corrected chi connectivity index (χ4v) is 2.89. The van der Waals surface area contributed by atoms with Gasteiger partial charge in [-0.3, -0.25) is 4.79 Å². The second-order valence-corrected chi connectivity index (χ2v) is 5.55. The first-order valence-corrected chi connectivity index (χ1v) is 6.99. The van der Waals surface area contributed by atoms with E-state index >= 15 is 0 Å². The summed E-state index contributed by atoms with van der Waals surface area (Å²) >= 11 is 0. The molecule has 3 N–H and O–H groups in total. The Hall–Kier alpha value is -1.47. The summed E-state index contributed by atoms with van der Waals surface area (Å²) in [7, 11) is 0. The lowest BCUT2D eigenvalue weighted by Gasteiger charge is -2.44. The van der Waals surface area contributed by atoms with Gasteiger partial charge in [0, 0.05) is 18.5 Å². The normalized spacial score (nSPS) is 26.8. The average Bonchev–Trinajstić information content (AvgIpc) is 2.86. The number of aliphatic hydroxyl groups is 2. The van der Waals surface area contributed by atoms with Crippen LogP contribution in [0.2, 0.25) is 0 Å². The van der Waals surface area contributed by atoms with E-state index in [1.54, 1.807) is 11.8 Å². The van der Waals surface area contributed by atoms with Crippen molar-refractivity contribution in [3.05, 3.63) is 11.4 Å². The van der Waals surface area contributed by atoms with Crippen molar-refractivity contribution in [2.45, 2.75) is 39.2 Å². The van der Waals surface area contributed by atoms with Crippen molar-refractivity contribution in [3.63, 3.8) is 0 Å².